The third-order valence-electron chi connectivity index (χ3n) is 2.73. The van der Waals surface area contributed by atoms with E-state index in [1.807, 2.05) is 5.38 Å². The van der Waals surface area contributed by atoms with Crippen molar-refractivity contribution in [2.24, 2.45) is 0 Å². The van der Waals surface area contributed by atoms with Gasteiger partial charge in [-0.05, 0) is 24.3 Å². The second kappa shape index (κ2) is 6.55. The molecule has 2 rings (SSSR count). The average Bonchev–Trinajstić information content (AvgIpc) is 2.86. The molecule has 1 amide bonds. The van der Waals surface area contributed by atoms with Crippen LogP contribution in [0.25, 0.3) is 0 Å². The van der Waals surface area contributed by atoms with Crippen LogP contribution in [0.4, 0.5) is 0 Å². The van der Waals surface area contributed by atoms with Gasteiger partial charge in [-0.3, -0.25) is 4.79 Å². The third-order valence-corrected chi connectivity index (χ3v) is 3.64. The zero-order valence-electron chi connectivity index (χ0n) is 9.94. The number of carbonyl (C=O) groups excluding carboxylic acids is 1. The smallest absolute Gasteiger partial charge is 0.262 e. The second-order valence-electron chi connectivity index (χ2n) is 3.98. The molecule has 0 unspecified atom stereocenters. The topological polar surface area (TPSA) is 58.6 Å². The SMILES string of the molecule is O=C(NC1CCOCC1)c1sccc1C#CCO. The van der Waals surface area contributed by atoms with Crippen LogP contribution in [0, 0.1) is 11.8 Å². The Labute approximate surface area is 110 Å². The van der Waals surface area contributed by atoms with Gasteiger partial charge in [-0.2, -0.15) is 0 Å². The van der Waals surface area contributed by atoms with E-state index in [0.29, 0.717) is 23.7 Å². The van der Waals surface area contributed by atoms with Crippen molar-refractivity contribution < 1.29 is 14.6 Å². The summed E-state index contributed by atoms with van der Waals surface area (Å²) in [6, 6.07) is 1.98. The predicted octanol–water partition coefficient (Wildman–Crippen LogP) is 1.00. The molecule has 96 valence electrons. The lowest BCUT2D eigenvalue weighted by atomic mass is 10.1. The minimum Gasteiger partial charge on any atom is -0.384 e. The summed E-state index contributed by atoms with van der Waals surface area (Å²) < 4.78 is 5.25. The molecular formula is C13H15NO3S. The number of aliphatic hydroxyl groups is 1. The van der Waals surface area contributed by atoms with E-state index in [9.17, 15) is 4.79 Å². The molecule has 0 atom stereocenters. The maximum atomic E-state index is 12.1. The molecule has 0 radical (unpaired) electrons. The molecule has 4 nitrogen and oxygen atoms in total. The Bertz CT molecular complexity index is 466. The summed E-state index contributed by atoms with van der Waals surface area (Å²) in [6.07, 6.45) is 1.71. The highest BCUT2D eigenvalue weighted by Crippen LogP contribution is 2.17. The maximum Gasteiger partial charge on any atom is 0.262 e. The van der Waals surface area contributed by atoms with Crippen molar-refractivity contribution >= 4 is 17.2 Å². The molecule has 1 saturated heterocycles. The monoisotopic (exact) mass is 265 g/mol. The standard InChI is InChI=1S/C13H15NO3S/c15-6-1-2-10-5-9-18-12(10)13(16)14-11-3-7-17-8-4-11/h5,9,11,15H,3-4,6-8H2,(H,14,16). The summed E-state index contributed by atoms with van der Waals surface area (Å²) >= 11 is 1.37. The van der Waals surface area contributed by atoms with Crippen molar-refractivity contribution in [1.29, 1.82) is 0 Å². The van der Waals surface area contributed by atoms with Gasteiger partial charge in [-0.15, -0.1) is 11.3 Å². The molecule has 1 aromatic heterocycles. The normalized spacial score (nSPS) is 15.8. The Kier molecular flexibility index (Phi) is 4.76. The van der Waals surface area contributed by atoms with E-state index in [4.69, 9.17) is 9.84 Å². The minimum absolute atomic E-state index is 0.0841. The molecule has 0 aliphatic carbocycles. The van der Waals surface area contributed by atoms with E-state index >= 15 is 0 Å². The lowest BCUT2D eigenvalue weighted by Gasteiger charge is -2.22. The fourth-order valence-electron chi connectivity index (χ4n) is 1.81. The first-order valence-corrected chi connectivity index (χ1v) is 6.75. The van der Waals surface area contributed by atoms with Crippen LogP contribution in [-0.2, 0) is 4.74 Å². The van der Waals surface area contributed by atoms with Crippen molar-refractivity contribution in [3.8, 4) is 11.8 Å². The quantitative estimate of drug-likeness (QED) is 0.784. The second-order valence-corrected chi connectivity index (χ2v) is 4.90. The third kappa shape index (κ3) is 3.33. The Hall–Kier alpha value is -1.35. The average molecular weight is 265 g/mol. The Morgan fingerprint density at radius 2 is 2.33 bits per heavy atom. The predicted molar refractivity (Wildman–Crippen MR) is 69.6 cm³/mol. The van der Waals surface area contributed by atoms with Gasteiger partial charge in [0.2, 0.25) is 0 Å². The molecule has 0 aromatic carbocycles. The van der Waals surface area contributed by atoms with Crippen molar-refractivity contribution in [2.45, 2.75) is 18.9 Å². The van der Waals surface area contributed by atoms with Crippen LogP contribution in [0.1, 0.15) is 28.1 Å². The molecule has 5 heteroatoms. The highest BCUT2D eigenvalue weighted by Gasteiger charge is 2.19. The molecule has 0 spiro atoms. The van der Waals surface area contributed by atoms with Gasteiger partial charge < -0.3 is 15.2 Å². The largest absolute Gasteiger partial charge is 0.384 e. The first kappa shape index (κ1) is 13.1. The molecular weight excluding hydrogens is 250 g/mol. The van der Waals surface area contributed by atoms with E-state index in [1.165, 1.54) is 11.3 Å². The van der Waals surface area contributed by atoms with Crippen LogP contribution in [0.2, 0.25) is 0 Å². The summed E-state index contributed by atoms with van der Waals surface area (Å²) in [5.74, 6) is 5.26. The summed E-state index contributed by atoms with van der Waals surface area (Å²) in [4.78, 5) is 12.7. The van der Waals surface area contributed by atoms with Gasteiger partial charge in [0.1, 0.15) is 11.5 Å². The van der Waals surface area contributed by atoms with Gasteiger partial charge in [0, 0.05) is 24.8 Å². The van der Waals surface area contributed by atoms with Gasteiger partial charge in [0.15, 0.2) is 0 Å². The Morgan fingerprint density at radius 3 is 3.06 bits per heavy atom. The molecule has 0 saturated carbocycles. The number of rotatable bonds is 2. The molecule has 2 N–H and O–H groups in total. The number of ether oxygens (including phenoxy) is 1. The van der Waals surface area contributed by atoms with E-state index in [0.717, 1.165) is 12.8 Å². The van der Waals surface area contributed by atoms with E-state index in [1.54, 1.807) is 6.07 Å². The molecule has 1 fully saturated rings. The first-order valence-electron chi connectivity index (χ1n) is 5.87. The number of amides is 1. The molecule has 0 bridgehead atoms. The van der Waals surface area contributed by atoms with E-state index in [-0.39, 0.29) is 18.6 Å². The van der Waals surface area contributed by atoms with E-state index in [2.05, 4.69) is 17.2 Å². The number of carbonyl (C=O) groups is 1. The highest BCUT2D eigenvalue weighted by molar-refractivity contribution is 7.12. The van der Waals surface area contributed by atoms with Gasteiger partial charge in [-0.25, -0.2) is 0 Å². The van der Waals surface area contributed by atoms with Crippen molar-refractivity contribution in [3.05, 3.63) is 21.9 Å². The van der Waals surface area contributed by atoms with E-state index < -0.39 is 0 Å². The molecule has 1 aliphatic heterocycles. The fraction of sp³-hybridized carbons (Fsp3) is 0.462. The van der Waals surface area contributed by atoms with Crippen molar-refractivity contribution in [2.75, 3.05) is 19.8 Å². The van der Waals surface area contributed by atoms with Gasteiger partial charge in [0.05, 0.1) is 0 Å². The molecule has 2 heterocycles. The Morgan fingerprint density at radius 1 is 1.56 bits per heavy atom. The highest BCUT2D eigenvalue weighted by atomic mass is 32.1. The maximum absolute atomic E-state index is 12.1. The lowest BCUT2D eigenvalue weighted by Crippen LogP contribution is -2.38. The molecule has 1 aliphatic rings. The van der Waals surface area contributed by atoms with Crippen LogP contribution >= 0.6 is 11.3 Å². The number of hydrogen-bond acceptors (Lipinski definition) is 4. The zero-order valence-corrected chi connectivity index (χ0v) is 10.8. The number of aliphatic hydroxyl groups excluding tert-OH is 1. The number of hydrogen-bond donors (Lipinski definition) is 2. The van der Waals surface area contributed by atoms with Gasteiger partial charge >= 0.3 is 0 Å². The van der Waals surface area contributed by atoms with Crippen LogP contribution < -0.4 is 5.32 Å². The van der Waals surface area contributed by atoms with Gasteiger partial charge in [0.25, 0.3) is 5.91 Å². The lowest BCUT2D eigenvalue weighted by molar-refractivity contribution is 0.0698. The summed E-state index contributed by atoms with van der Waals surface area (Å²) in [5, 5.41) is 13.5. The summed E-state index contributed by atoms with van der Waals surface area (Å²) in [5.41, 5.74) is 0.679. The zero-order chi connectivity index (χ0) is 12.8. The van der Waals surface area contributed by atoms with Crippen molar-refractivity contribution in [3.63, 3.8) is 0 Å². The van der Waals surface area contributed by atoms with Crippen LogP contribution in [-0.4, -0.2) is 36.9 Å². The Balaban J connectivity index is 2.02. The van der Waals surface area contributed by atoms with Crippen molar-refractivity contribution in [1.82, 2.24) is 5.32 Å². The number of thiophene rings is 1. The minimum atomic E-state index is -0.198. The summed E-state index contributed by atoms with van der Waals surface area (Å²) in [6.45, 7) is 1.20. The summed E-state index contributed by atoms with van der Waals surface area (Å²) in [7, 11) is 0. The fourth-order valence-corrected chi connectivity index (χ4v) is 2.56. The first-order chi connectivity index (χ1) is 8.81. The van der Waals surface area contributed by atoms with Crippen LogP contribution in [0.5, 0.6) is 0 Å². The number of nitrogens with one attached hydrogen (secondary N) is 1. The molecule has 18 heavy (non-hydrogen) atoms. The molecule has 1 aromatic rings. The van der Waals surface area contributed by atoms with Gasteiger partial charge in [-0.1, -0.05) is 11.8 Å². The van der Waals surface area contributed by atoms with Crippen LogP contribution in [0.15, 0.2) is 11.4 Å². The van der Waals surface area contributed by atoms with Crippen LogP contribution in [0.3, 0.4) is 0 Å².